The molecule has 1 aromatic heterocycles. The maximum Gasteiger partial charge on any atom is 0.243 e. The Morgan fingerprint density at radius 3 is 2.73 bits per heavy atom. The van der Waals surface area contributed by atoms with Crippen molar-refractivity contribution in [3.8, 4) is 0 Å². The molecule has 1 atom stereocenters. The second kappa shape index (κ2) is 8.35. The van der Waals surface area contributed by atoms with Crippen LogP contribution in [0.15, 0.2) is 22.8 Å². The highest BCUT2D eigenvalue weighted by atomic mass is 16.3. The molecule has 2 N–H and O–H groups in total. The lowest BCUT2D eigenvalue weighted by Gasteiger charge is -2.39. The Balaban J connectivity index is 1.57. The maximum absolute atomic E-state index is 13.0. The number of furan rings is 1. The minimum Gasteiger partial charge on any atom is -0.468 e. The van der Waals surface area contributed by atoms with Gasteiger partial charge in [-0.05, 0) is 38.1 Å². The highest BCUT2D eigenvalue weighted by molar-refractivity contribution is 5.93. The fourth-order valence-electron chi connectivity index (χ4n) is 3.65. The van der Waals surface area contributed by atoms with Crippen LogP contribution < -0.4 is 10.6 Å². The van der Waals surface area contributed by atoms with E-state index in [4.69, 9.17) is 4.42 Å². The van der Waals surface area contributed by atoms with Crippen LogP contribution in [0.3, 0.4) is 0 Å². The molecule has 2 aliphatic rings. The molecular weight excluding hydrogens is 336 g/mol. The van der Waals surface area contributed by atoms with Crippen LogP contribution in [0.5, 0.6) is 0 Å². The minimum atomic E-state index is -0.711. The van der Waals surface area contributed by atoms with Crippen LogP contribution in [0, 0.1) is 5.92 Å². The van der Waals surface area contributed by atoms with E-state index in [1.165, 1.54) is 7.05 Å². The minimum absolute atomic E-state index is 0.00537. The molecule has 26 heavy (non-hydrogen) atoms. The summed E-state index contributed by atoms with van der Waals surface area (Å²) in [4.78, 5) is 40.7. The van der Waals surface area contributed by atoms with E-state index in [1.54, 1.807) is 11.2 Å². The monoisotopic (exact) mass is 362 g/mol. The first-order valence-electron chi connectivity index (χ1n) is 9.12. The first-order valence-corrected chi connectivity index (χ1v) is 9.12. The van der Waals surface area contributed by atoms with E-state index in [0.29, 0.717) is 13.1 Å². The average Bonchev–Trinajstić information content (AvgIpc) is 3.16. The molecule has 0 unspecified atom stereocenters. The summed E-state index contributed by atoms with van der Waals surface area (Å²) in [6.45, 7) is 3.28. The van der Waals surface area contributed by atoms with Gasteiger partial charge in [0.1, 0.15) is 11.8 Å². The lowest BCUT2D eigenvalue weighted by atomic mass is 9.93. The van der Waals surface area contributed by atoms with Crippen LogP contribution in [-0.2, 0) is 20.9 Å². The van der Waals surface area contributed by atoms with Gasteiger partial charge in [-0.2, -0.15) is 0 Å². The Morgan fingerprint density at radius 2 is 2.08 bits per heavy atom. The Hall–Kier alpha value is -2.35. The smallest absolute Gasteiger partial charge is 0.243 e. The molecule has 8 nitrogen and oxygen atoms in total. The lowest BCUT2D eigenvalue weighted by molar-refractivity contribution is -0.148. The van der Waals surface area contributed by atoms with Crippen molar-refractivity contribution in [2.45, 2.75) is 31.8 Å². The van der Waals surface area contributed by atoms with Crippen molar-refractivity contribution in [1.82, 2.24) is 20.4 Å². The zero-order chi connectivity index (χ0) is 18.5. The average molecular weight is 362 g/mol. The predicted octanol–water partition coefficient (Wildman–Crippen LogP) is -0.0453. The van der Waals surface area contributed by atoms with Gasteiger partial charge in [-0.1, -0.05) is 0 Å². The van der Waals surface area contributed by atoms with E-state index in [0.717, 1.165) is 38.2 Å². The van der Waals surface area contributed by atoms with Gasteiger partial charge in [0.15, 0.2) is 0 Å². The van der Waals surface area contributed by atoms with Gasteiger partial charge in [0.2, 0.25) is 17.7 Å². The standard InChI is InChI=1S/C18H26N4O4/c1-19-16(23)11-15-17(24)20-6-9-22(15)18(25)13-4-7-21(8-5-13)12-14-3-2-10-26-14/h2-3,10,13,15H,4-9,11-12H2,1H3,(H,19,23)(H,20,24)/t15-/m1/s1. The summed E-state index contributed by atoms with van der Waals surface area (Å²) in [7, 11) is 1.53. The van der Waals surface area contributed by atoms with Crippen LogP contribution in [0.2, 0.25) is 0 Å². The third-order valence-corrected chi connectivity index (χ3v) is 5.17. The maximum atomic E-state index is 13.0. The van der Waals surface area contributed by atoms with Gasteiger partial charge in [-0.3, -0.25) is 19.3 Å². The van der Waals surface area contributed by atoms with Crippen molar-refractivity contribution >= 4 is 17.7 Å². The zero-order valence-corrected chi connectivity index (χ0v) is 15.1. The number of nitrogens with one attached hydrogen (secondary N) is 2. The van der Waals surface area contributed by atoms with Crippen molar-refractivity contribution in [1.29, 1.82) is 0 Å². The van der Waals surface area contributed by atoms with Crippen molar-refractivity contribution in [3.63, 3.8) is 0 Å². The van der Waals surface area contributed by atoms with E-state index in [1.807, 2.05) is 12.1 Å². The van der Waals surface area contributed by atoms with Crippen LogP contribution in [0.1, 0.15) is 25.0 Å². The molecule has 2 aliphatic heterocycles. The molecule has 0 aliphatic carbocycles. The normalized spacial score (nSPS) is 22.1. The number of amides is 3. The topological polar surface area (TPSA) is 94.9 Å². The highest BCUT2D eigenvalue weighted by Crippen LogP contribution is 2.23. The van der Waals surface area contributed by atoms with Gasteiger partial charge in [-0.25, -0.2) is 0 Å². The van der Waals surface area contributed by atoms with Gasteiger partial charge in [0.05, 0.1) is 19.2 Å². The van der Waals surface area contributed by atoms with Gasteiger partial charge in [0, 0.05) is 26.1 Å². The summed E-state index contributed by atoms with van der Waals surface area (Å²) in [5, 5.41) is 5.28. The van der Waals surface area contributed by atoms with Crippen LogP contribution in [0.25, 0.3) is 0 Å². The molecule has 0 aromatic carbocycles. The largest absolute Gasteiger partial charge is 0.468 e. The molecular formula is C18H26N4O4. The summed E-state index contributed by atoms with van der Waals surface area (Å²) in [5.41, 5.74) is 0. The fraction of sp³-hybridized carbons (Fsp3) is 0.611. The van der Waals surface area contributed by atoms with Crippen LogP contribution in [0.4, 0.5) is 0 Å². The van der Waals surface area contributed by atoms with E-state index in [2.05, 4.69) is 15.5 Å². The number of hydrogen-bond donors (Lipinski definition) is 2. The Kier molecular flexibility index (Phi) is 5.92. The third-order valence-electron chi connectivity index (χ3n) is 5.17. The molecule has 1 aromatic rings. The van der Waals surface area contributed by atoms with Crippen molar-refractivity contribution < 1.29 is 18.8 Å². The van der Waals surface area contributed by atoms with Gasteiger partial charge in [-0.15, -0.1) is 0 Å². The molecule has 2 fully saturated rings. The molecule has 0 spiro atoms. The number of piperazine rings is 1. The number of likely N-dealkylation sites (tertiary alicyclic amines) is 1. The van der Waals surface area contributed by atoms with Crippen LogP contribution >= 0.6 is 0 Å². The second-order valence-electron chi connectivity index (χ2n) is 6.85. The summed E-state index contributed by atoms with van der Waals surface area (Å²) in [6, 6.07) is 3.12. The van der Waals surface area contributed by atoms with Crippen molar-refractivity contribution in [2.24, 2.45) is 5.92 Å². The van der Waals surface area contributed by atoms with Gasteiger partial charge >= 0.3 is 0 Å². The molecule has 142 valence electrons. The second-order valence-corrected chi connectivity index (χ2v) is 6.85. The van der Waals surface area contributed by atoms with Crippen molar-refractivity contribution in [3.05, 3.63) is 24.2 Å². The van der Waals surface area contributed by atoms with E-state index in [9.17, 15) is 14.4 Å². The number of piperidine rings is 1. The fourth-order valence-corrected chi connectivity index (χ4v) is 3.65. The Labute approximate surface area is 152 Å². The first kappa shape index (κ1) is 18.4. The molecule has 8 heteroatoms. The third kappa shape index (κ3) is 4.24. The van der Waals surface area contributed by atoms with E-state index < -0.39 is 6.04 Å². The highest BCUT2D eigenvalue weighted by Gasteiger charge is 2.38. The molecule has 3 heterocycles. The van der Waals surface area contributed by atoms with Gasteiger partial charge < -0.3 is 20.0 Å². The molecule has 2 saturated heterocycles. The van der Waals surface area contributed by atoms with Gasteiger partial charge in [0.25, 0.3) is 0 Å². The number of carbonyl (C=O) groups excluding carboxylic acids is 3. The van der Waals surface area contributed by atoms with Crippen molar-refractivity contribution in [2.75, 3.05) is 33.2 Å². The summed E-state index contributed by atoms with van der Waals surface area (Å²) < 4.78 is 5.38. The number of carbonyl (C=O) groups is 3. The molecule has 3 amide bonds. The summed E-state index contributed by atoms with van der Waals surface area (Å²) in [5.74, 6) is 0.335. The van der Waals surface area contributed by atoms with Crippen LogP contribution in [-0.4, -0.2) is 66.8 Å². The first-order chi connectivity index (χ1) is 12.6. The molecule has 0 radical (unpaired) electrons. The lowest BCUT2D eigenvalue weighted by Crippen LogP contribution is -2.59. The quantitative estimate of drug-likeness (QED) is 0.766. The van der Waals surface area contributed by atoms with E-state index >= 15 is 0 Å². The predicted molar refractivity (Wildman–Crippen MR) is 93.9 cm³/mol. The number of rotatable bonds is 5. The molecule has 3 rings (SSSR count). The summed E-state index contributed by atoms with van der Waals surface area (Å²) in [6.07, 6.45) is 3.18. The Morgan fingerprint density at radius 1 is 1.31 bits per heavy atom. The molecule has 0 saturated carbocycles. The molecule has 0 bridgehead atoms. The SMILES string of the molecule is CNC(=O)C[C@@H]1C(=O)NCCN1C(=O)C1CCN(Cc2ccco2)CC1. The Bertz CT molecular complexity index is 638. The number of hydrogen-bond acceptors (Lipinski definition) is 5. The summed E-state index contributed by atoms with van der Waals surface area (Å²) >= 11 is 0. The zero-order valence-electron chi connectivity index (χ0n) is 15.1. The number of nitrogens with zero attached hydrogens (tertiary/aromatic N) is 2. The van der Waals surface area contributed by atoms with E-state index in [-0.39, 0.29) is 30.1 Å².